The van der Waals surface area contributed by atoms with Crippen molar-refractivity contribution in [2.75, 3.05) is 20.6 Å². The highest BCUT2D eigenvalue weighted by molar-refractivity contribution is 5.76. The van der Waals surface area contributed by atoms with E-state index in [0.717, 1.165) is 30.0 Å². The first-order chi connectivity index (χ1) is 13.8. The van der Waals surface area contributed by atoms with Crippen LogP contribution < -0.4 is 11.2 Å². The van der Waals surface area contributed by atoms with Gasteiger partial charge in [0.2, 0.25) is 5.78 Å². The van der Waals surface area contributed by atoms with Gasteiger partial charge in [-0.05, 0) is 33.5 Å². The minimum absolute atomic E-state index is 0.231. The minimum atomic E-state index is -0.360. The summed E-state index contributed by atoms with van der Waals surface area (Å²) < 4.78 is 6.76. The molecule has 1 aromatic carbocycles. The summed E-state index contributed by atoms with van der Waals surface area (Å²) in [5.41, 5.74) is 3.13. The molecule has 0 radical (unpaired) electrons. The Kier molecular flexibility index (Phi) is 4.66. The molecule has 0 spiro atoms. The number of hydrogen-bond donors (Lipinski definition) is 0. The van der Waals surface area contributed by atoms with Crippen molar-refractivity contribution < 1.29 is 0 Å². The molecular weight excluding hydrogens is 368 g/mol. The highest BCUT2D eigenvalue weighted by Gasteiger charge is 2.22. The Labute approximate surface area is 168 Å². The number of nitrogens with zero attached hydrogens (tertiary/aromatic N) is 6. The molecule has 3 aromatic heterocycles. The van der Waals surface area contributed by atoms with Crippen LogP contribution in [0.2, 0.25) is 0 Å². The zero-order valence-corrected chi connectivity index (χ0v) is 17.5. The number of imidazole rings is 2. The van der Waals surface area contributed by atoms with Gasteiger partial charge < -0.3 is 9.47 Å². The summed E-state index contributed by atoms with van der Waals surface area (Å²) in [6, 6.07) is 9.54. The molecule has 0 amide bonds. The lowest BCUT2D eigenvalue weighted by Crippen LogP contribution is -2.39. The summed E-state index contributed by atoms with van der Waals surface area (Å²) >= 11 is 0. The van der Waals surface area contributed by atoms with Crippen LogP contribution in [0.1, 0.15) is 17.0 Å². The van der Waals surface area contributed by atoms with Gasteiger partial charge in [0.15, 0.2) is 11.2 Å². The second kappa shape index (κ2) is 7.04. The maximum Gasteiger partial charge on any atom is 0.332 e. The van der Waals surface area contributed by atoms with Crippen LogP contribution >= 0.6 is 0 Å². The van der Waals surface area contributed by atoms with Gasteiger partial charge in [-0.2, -0.15) is 4.98 Å². The Hall–Kier alpha value is -3.13. The second-order valence-corrected chi connectivity index (χ2v) is 7.76. The van der Waals surface area contributed by atoms with Crippen LogP contribution in [0.15, 0.2) is 39.9 Å². The third-order valence-electron chi connectivity index (χ3n) is 5.58. The third kappa shape index (κ3) is 3.00. The molecule has 0 aliphatic carbocycles. The molecule has 0 atom stereocenters. The van der Waals surface area contributed by atoms with E-state index in [1.165, 1.54) is 9.13 Å². The molecule has 0 bridgehead atoms. The fourth-order valence-corrected chi connectivity index (χ4v) is 3.79. The van der Waals surface area contributed by atoms with Gasteiger partial charge in [-0.1, -0.05) is 30.3 Å². The van der Waals surface area contributed by atoms with Crippen LogP contribution in [-0.4, -0.2) is 48.6 Å². The van der Waals surface area contributed by atoms with Crippen LogP contribution in [0.25, 0.3) is 16.9 Å². The van der Waals surface area contributed by atoms with E-state index < -0.39 is 0 Å². The van der Waals surface area contributed by atoms with Crippen LogP contribution in [0.5, 0.6) is 0 Å². The van der Waals surface area contributed by atoms with E-state index in [4.69, 9.17) is 4.98 Å². The van der Waals surface area contributed by atoms with Gasteiger partial charge in [0.1, 0.15) is 0 Å². The molecular formula is C21H26N6O2. The lowest BCUT2D eigenvalue weighted by molar-refractivity contribution is 0.384. The molecule has 0 N–H and O–H groups in total. The van der Waals surface area contributed by atoms with E-state index in [2.05, 4.69) is 9.47 Å². The molecule has 4 rings (SSSR count). The highest BCUT2D eigenvalue weighted by atomic mass is 16.2. The Morgan fingerprint density at radius 2 is 1.69 bits per heavy atom. The largest absolute Gasteiger partial charge is 0.332 e. The predicted molar refractivity (Wildman–Crippen MR) is 114 cm³/mol. The second-order valence-electron chi connectivity index (χ2n) is 7.76. The number of hydrogen-bond acceptors (Lipinski definition) is 4. The molecule has 4 aromatic rings. The minimum Gasteiger partial charge on any atom is -0.313 e. The summed E-state index contributed by atoms with van der Waals surface area (Å²) in [6.07, 6.45) is 0. The standard InChI is InChI=1S/C21H26N6O2/c1-14-15(2)27-17-18(22-20(27)25(14)12-11-23(3)4)24(5)21(29)26(19(17)28)13-16-9-7-6-8-10-16/h6-10H,11-13H2,1-5H3. The molecule has 8 nitrogen and oxygen atoms in total. The number of fused-ring (bicyclic) bond motifs is 3. The Balaban J connectivity index is 2.00. The molecule has 3 heterocycles. The van der Waals surface area contributed by atoms with Crippen LogP contribution in [-0.2, 0) is 20.1 Å². The van der Waals surface area contributed by atoms with Crippen molar-refractivity contribution in [2.24, 2.45) is 7.05 Å². The van der Waals surface area contributed by atoms with Crippen molar-refractivity contribution in [3.63, 3.8) is 0 Å². The highest BCUT2D eigenvalue weighted by Crippen LogP contribution is 2.20. The van der Waals surface area contributed by atoms with Crippen molar-refractivity contribution >= 4 is 16.9 Å². The topological polar surface area (TPSA) is 69.5 Å². The first-order valence-corrected chi connectivity index (χ1v) is 9.67. The lowest BCUT2D eigenvalue weighted by Gasteiger charge is -2.11. The van der Waals surface area contributed by atoms with E-state index >= 15 is 0 Å². The number of benzene rings is 1. The number of rotatable bonds is 5. The van der Waals surface area contributed by atoms with Gasteiger partial charge in [0, 0.05) is 31.5 Å². The fourth-order valence-electron chi connectivity index (χ4n) is 3.79. The Morgan fingerprint density at radius 3 is 2.34 bits per heavy atom. The number of aromatic nitrogens is 5. The number of likely N-dealkylation sites (N-methyl/N-ethyl adjacent to an activating group) is 1. The van der Waals surface area contributed by atoms with Gasteiger partial charge >= 0.3 is 5.69 Å². The first kappa shape index (κ1) is 19.2. The van der Waals surface area contributed by atoms with Gasteiger partial charge in [-0.3, -0.25) is 18.3 Å². The zero-order chi connectivity index (χ0) is 20.9. The average molecular weight is 394 g/mol. The molecule has 29 heavy (non-hydrogen) atoms. The Morgan fingerprint density at radius 1 is 1.00 bits per heavy atom. The van der Waals surface area contributed by atoms with Crippen molar-refractivity contribution in [1.29, 1.82) is 0 Å². The maximum atomic E-state index is 13.4. The van der Waals surface area contributed by atoms with Gasteiger partial charge in [0.05, 0.1) is 6.54 Å². The quantitative estimate of drug-likeness (QED) is 0.513. The van der Waals surface area contributed by atoms with Crippen molar-refractivity contribution in [3.8, 4) is 0 Å². The maximum absolute atomic E-state index is 13.4. The van der Waals surface area contributed by atoms with E-state index in [9.17, 15) is 9.59 Å². The normalized spacial score (nSPS) is 11.9. The molecule has 0 aliphatic rings. The number of aryl methyl sites for hydroxylation is 2. The van der Waals surface area contributed by atoms with E-state index in [-0.39, 0.29) is 17.8 Å². The zero-order valence-electron chi connectivity index (χ0n) is 17.5. The third-order valence-corrected chi connectivity index (χ3v) is 5.58. The molecule has 0 aliphatic heterocycles. The van der Waals surface area contributed by atoms with Crippen molar-refractivity contribution in [3.05, 3.63) is 68.1 Å². The fraction of sp³-hybridized carbons (Fsp3) is 0.381. The molecule has 0 saturated heterocycles. The summed E-state index contributed by atoms with van der Waals surface area (Å²) in [7, 11) is 5.72. The lowest BCUT2D eigenvalue weighted by atomic mass is 10.2. The SMILES string of the molecule is Cc1c(C)n2c3c(=O)n(Cc4ccccc4)c(=O)n(C)c3nc2n1CCN(C)C. The predicted octanol–water partition coefficient (Wildman–Crippen LogP) is 1.38. The van der Waals surface area contributed by atoms with Gasteiger partial charge in [0.25, 0.3) is 5.56 Å². The Bertz CT molecular complexity index is 1320. The van der Waals surface area contributed by atoms with Crippen LogP contribution in [0.3, 0.4) is 0 Å². The first-order valence-electron chi connectivity index (χ1n) is 9.67. The molecule has 152 valence electrons. The van der Waals surface area contributed by atoms with Gasteiger partial charge in [-0.15, -0.1) is 0 Å². The van der Waals surface area contributed by atoms with E-state index in [1.54, 1.807) is 7.05 Å². The summed E-state index contributed by atoms with van der Waals surface area (Å²) in [5, 5.41) is 0. The van der Waals surface area contributed by atoms with Crippen LogP contribution in [0, 0.1) is 13.8 Å². The molecule has 0 fully saturated rings. The summed E-state index contributed by atoms with van der Waals surface area (Å²) in [6.45, 7) is 5.86. The summed E-state index contributed by atoms with van der Waals surface area (Å²) in [5.74, 6) is 0.696. The molecule has 8 heteroatoms. The van der Waals surface area contributed by atoms with Crippen LogP contribution in [0.4, 0.5) is 0 Å². The van der Waals surface area contributed by atoms with Gasteiger partial charge in [-0.25, -0.2) is 4.79 Å². The summed E-state index contributed by atoms with van der Waals surface area (Å²) in [4.78, 5) is 33.1. The average Bonchev–Trinajstić information content (AvgIpc) is 3.19. The van der Waals surface area contributed by atoms with E-state index in [1.807, 2.05) is 62.7 Å². The van der Waals surface area contributed by atoms with Crippen molar-refractivity contribution in [2.45, 2.75) is 26.9 Å². The van der Waals surface area contributed by atoms with E-state index in [0.29, 0.717) is 16.9 Å². The molecule has 0 unspecified atom stereocenters. The smallest absolute Gasteiger partial charge is 0.313 e. The molecule has 0 saturated carbocycles. The monoisotopic (exact) mass is 394 g/mol. The van der Waals surface area contributed by atoms with Crippen molar-refractivity contribution in [1.82, 2.24) is 28.0 Å².